The number of nitriles is 1. The minimum atomic E-state index is -0.875. The van der Waals surface area contributed by atoms with Crippen molar-refractivity contribution < 1.29 is 9.59 Å². The summed E-state index contributed by atoms with van der Waals surface area (Å²) in [6.07, 6.45) is 1.48. The van der Waals surface area contributed by atoms with Crippen LogP contribution in [0.3, 0.4) is 0 Å². The lowest BCUT2D eigenvalue weighted by atomic mass is 10.1. The van der Waals surface area contributed by atoms with E-state index in [-0.39, 0.29) is 18.2 Å². The molecule has 1 fully saturated rings. The molecule has 6 heteroatoms. The highest BCUT2D eigenvalue weighted by molar-refractivity contribution is 5.89. The third-order valence-corrected chi connectivity index (χ3v) is 4.59. The fourth-order valence-corrected chi connectivity index (χ4v) is 3.29. The van der Waals surface area contributed by atoms with Crippen LogP contribution in [0.25, 0.3) is 0 Å². The molecule has 1 aromatic rings. The zero-order valence-corrected chi connectivity index (χ0v) is 12.9. The molecule has 2 aliphatic rings. The number of carbonyl (C=O) groups is 2. The van der Waals surface area contributed by atoms with E-state index < -0.39 is 12.1 Å². The Bertz CT molecular complexity index is 642. The number of likely N-dealkylation sites (tertiary alicyclic amines) is 1. The van der Waals surface area contributed by atoms with E-state index in [2.05, 4.69) is 6.07 Å². The van der Waals surface area contributed by atoms with Gasteiger partial charge in [-0.05, 0) is 24.0 Å². The van der Waals surface area contributed by atoms with Gasteiger partial charge in [0.25, 0.3) is 0 Å². The quantitative estimate of drug-likeness (QED) is 0.892. The molecular weight excluding hydrogens is 292 g/mol. The summed E-state index contributed by atoms with van der Waals surface area (Å²) in [5.74, 6) is -0.408. The first kappa shape index (κ1) is 15.5. The molecule has 6 nitrogen and oxygen atoms in total. The third-order valence-electron chi connectivity index (χ3n) is 4.59. The molecule has 2 heterocycles. The van der Waals surface area contributed by atoms with Crippen LogP contribution >= 0.6 is 0 Å². The molecule has 2 aliphatic heterocycles. The molecule has 120 valence electrons. The van der Waals surface area contributed by atoms with Crippen LogP contribution in [0.1, 0.15) is 30.4 Å². The summed E-state index contributed by atoms with van der Waals surface area (Å²) < 4.78 is 0. The third kappa shape index (κ3) is 3.06. The van der Waals surface area contributed by atoms with Gasteiger partial charge in [-0.15, -0.1) is 0 Å². The molecule has 2 unspecified atom stereocenters. The van der Waals surface area contributed by atoms with Crippen molar-refractivity contribution in [2.24, 2.45) is 5.73 Å². The maximum absolute atomic E-state index is 12.4. The Labute approximate surface area is 135 Å². The lowest BCUT2D eigenvalue weighted by molar-refractivity contribution is -0.138. The first-order valence-corrected chi connectivity index (χ1v) is 7.90. The zero-order chi connectivity index (χ0) is 16.4. The number of hydrogen-bond acceptors (Lipinski definition) is 4. The van der Waals surface area contributed by atoms with Gasteiger partial charge >= 0.3 is 0 Å². The summed E-state index contributed by atoms with van der Waals surface area (Å²) in [5, 5.41) is 9.06. The molecule has 0 aliphatic carbocycles. The summed E-state index contributed by atoms with van der Waals surface area (Å²) in [7, 11) is 0. The molecule has 2 atom stereocenters. The van der Waals surface area contributed by atoms with Crippen molar-refractivity contribution in [3.63, 3.8) is 0 Å². The highest BCUT2D eigenvalue weighted by Gasteiger charge is 2.33. The summed E-state index contributed by atoms with van der Waals surface area (Å²) in [6.45, 7) is 1.69. The molecule has 0 bridgehead atoms. The zero-order valence-electron chi connectivity index (χ0n) is 12.9. The van der Waals surface area contributed by atoms with E-state index in [1.807, 2.05) is 24.3 Å². The molecule has 1 aromatic carbocycles. The van der Waals surface area contributed by atoms with Crippen LogP contribution < -0.4 is 5.73 Å². The van der Waals surface area contributed by atoms with Gasteiger partial charge in [0.15, 0.2) is 0 Å². The highest BCUT2D eigenvalue weighted by Crippen LogP contribution is 2.23. The van der Waals surface area contributed by atoms with Crippen LogP contribution in [0.4, 0.5) is 0 Å². The van der Waals surface area contributed by atoms with Crippen LogP contribution in [0, 0.1) is 11.3 Å². The average molecular weight is 312 g/mol. The van der Waals surface area contributed by atoms with E-state index in [0.717, 1.165) is 17.5 Å². The highest BCUT2D eigenvalue weighted by atomic mass is 16.2. The van der Waals surface area contributed by atoms with Gasteiger partial charge in [0.1, 0.15) is 6.04 Å². The Morgan fingerprint density at radius 1 is 1.30 bits per heavy atom. The van der Waals surface area contributed by atoms with Gasteiger partial charge in [-0.3, -0.25) is 9.59 Å². The number of amides is 2. The van der Waals surface area contributed by atoms with E-state index in [9.17, 15) is 9.59 Å². The molecule has 0 radical (unpaired) electrons. The standard InChI is InChI=1S/C17H20N4O2/c18-9-14-6-3-7-21(14)17(23)15(19)8-16(22)20-10-12-4-1-2-5-13(12)11-20/h1-2,4-5,14-15H,3,6-8,10-11,19H2. The SMILES string of the molecule is N#CC1CCCN1C(=O)C(N)CC(=O)N1Cc2ccccc2C1. The summed E-state index contributed by atoms with van der Waals surface area (Å²) >= 11 is 0. The van der Waals surface area contributed by atoms with Crippen LogP contribution in [-0.2, 0) is 22.7 Å². The topological polar surface area (TPSA) is 90.4 Å². The number of fused-ring (bicyclic) bond motifs is 1. The molecule has 0 spiro atoms. The molecule has 0 aromatic heterocycles. The van der Waals surface area contributed by atoms with Gasteiger partial charge in [0.05, 0.1) is 18.5 Å². The van der Waals surface area contributed by atoms with Gasteiger partial charge in [-0.1, -0.05) is 24.3 Å². The Hall–Kier alpha value is -2.39. The molecule has 0 saturated carbocycles. The van der Waals surface area contributed by atoms with Crippen molar-refractivity contribution in [3.05, 3.63) is 35.4 Å². The maximum atomic E-state index is 12.4. The van der Waals surface area contributed by atoms with Crippen LogP contribution in [0.5, 0.6) is 0 Å². The Balaban J connectivity index is 1.58. The summed E-state index contributed by atoms with van der Waals surface area (Å²) in [4.78, 5) is 28.0. The molecular formula is C17H20N4O2. The van der Waals surface area contributed by atoms with Gasteiger partial charge in [-0.25, -0.2) is 0 Å². The van der Waals surface area contributed by atoms with Crippen molar-refractivity contribution >= 4 is 11.8 Å². The normalized spacial score (nSPS) is 21.0. The van der Waals surface area contributed by atoms with E-state index in [1.165, 1.54) is 4.90 Å². The molecule has 2 amide bonds. The van der Waals surface area contributed by atoms with E-state index in [0.29, 0.717) is 26.1 Å². The molecule has 1 saturated heterocycles. The van der Waals surface area contributed by atoms with Crippen molar-refractivity contribution in [2.75, 3.05) is 6.54 Å². The molecule has 2 N–H and O–H groups in total. The van der Waals surface area contributed by atoms with Crippen molar-refractivity contribution in [1.29, 1.82) is 5.26 Å². The molecule has 23 heavy (non-hydrogen) atoms. The first-order chi connectivity index (χ1) is 11.1. The Kier molecular flexibility index (Phi) is 4.30. The van der Waals surface area contributed by atoms with Crippen LogP contribution in [0.2, 0.25) is 0 Å². The maximum Gasteiger partial charge on any atom is 0.241 e. The predicted octanol–water partition coefficient (Wildman–Crippen LogP) is 0.761. The van der Waals surface area contributed by atoms with Gasteiger partial charge in [0.2, 0.25) is 11.8 Å². The average Bonchev–Trinajstić information content (AvgIpc) is 3.20. The number of rotatable bonds is 3. The lowest BCUT2D eigenvalue weighted by Crippen LogP contribution is -2.47. The fourth-order valence-electron chi connectivity index (χ4n) is 3.29. The molecule has 3 rings (SSSR count). The van der Waals surface area contributed by atoms with E-state index >= 15 is 0 Å². The Morgan fingerprint density at radius 2 is 1.96 bits per heavy atom. The Morgan fingerprint density at radius 3 is 2.57 bits per heavy atom. The number of nitrogens with zero attached hydrogens (tertiary/aromatic N) is 3. The first-order valence-electron chi connectivity index (χ1n) is 7.90. The van der Waals surface area contributed by atoms with Crippen molar-refractivity contribution in [3.8, 4) is 6.07 Å². The van der Waals surface area contributed by atoms with E-state index in [1.54, 1.807) is 4.90 Å². The second-order valence-corrected chi connectivity index (χ2v) is 6.15. The van der Waals surface area contributed by atoms with Crippen molar-refractivity contribution in [1.82, 2.24) is 9.80 Å². The number of hydrogen-bond donors (Lipinski definition) is 1. The van der Waals surface area contributed by atoms with Gasteiger partial charge in [0, 0.05) is 19.6 Å². The second-order valence-electron chi connectivity index (χ2n) is 6.15. The fraction of sp³-hybridized carbons (Fsp3) is 0.471. The minimum absolute atomic E-state index is 0.0124. The lowest BCUT2D eigenvalue weighted by Gasteiger charge is -2.24. The number of benzene rings is 1. The van der Waals surface area contributed by atoms with Crippen molar-refractivity contribution in [2.45, 2.75) is 44.4 Å². The second kappa shape index (κ2) is 6.39. The predicted molar refractivity (Wildman–Crippen MR) is 83.6 cm³/mol. The van der Waals surface area contributed by atoms with Crippen LogP contribution in [0.15, 0.2) is 24.3 Å². The van der Waals surface area contributed by atoms with Gasteiger partial charge < -0.3 is 15.5 Å². The number of carbonyl (C=O) groups excluding carboxylic acids is 2. The summed E-state index contributed by atoms with van der Waals surface area (Å²) in [5.41, 5.74) is 8.23. The van der Waals surface area contributed by atoms with Gasteiger partial charge in [-0.2, -0.15) is 5.26 Å². The minimum Gasteiger partial charge on any atom is -0.334 e. The largest absolute Gasteiger partial charge is 0.334 e. The monoisotopic (exact) mass is 312 g/mol. The van der Waals surface area contributed by atoms with E-state index in [4.69, 9.17) is 11.0 Å². The smallest absolute Gasteiger partial charge is 0.241 e. The summed E-state index contributed by atoms with van der Waals surface area (Å²) in [6, 6.07) is 8.78. The number of nitrogens with two attached hydrogens (primary N) is 1. The van der Waals surface area contributed by atoms with Crippen LogP contribution in [-0.4, -0.2) is 40.2 Å².